The number of benzene rings is 1. The summed E-state index contributed by atoms with van der Waals surface area (Å²) >= 11 is 8.04. The van der Waals surface area contributed by atoms with E-state index in [9.17, 15) is 0 Å². The van der Waals surface area contributed by atoms with E-state index < -0.39 is 0 Å². The van der Waals surface area contributed by atoms with Crippen molar-refractivity contribution < 1.29 is 4.74 Å². The monoisotopic (exact) mass is 376 g/mol. The molecule has 0 bridgehead atoms. The molecule has 5 nitrogen and oxygen atoms in total. The van der Waals surface area contributed by atoms with Crippen LogP contribution >= 0.6 is 23.4 Å². The standard InChI is InChI=1S/C18H21ClN4OS/c19-14-1-2-16-15(12-14)18-13(3-10-25-16)11-17(21-22-18)20-4-5-23-6-8-24-9-7-23/h1-2,11-12H,3-10H2,(H,20,21). The van der Waals surface area contributed by atoms with Crippen LogP contribution in [0.4, 0.5) is 5.82 Å². The number of hydrogen-bond acceptors (Lipinski definition) is 6. The number of hydrogen-bond donors (Lipinski definition) is 1. The second-order valence-corrected chi connectivity index (χ2v) is 7.80. The molecule has 0 amide bonds. The number of anilines is 1. The Hall–Kier alpha value is -1.34. The Morgan fingerprint density at radius 2 is 2.08 bits per heavy atom. The SMILES string of the molecule is Clc1ccc2c(c1)-c1nnc(NCCN3CCOCC3)cc1CCS2. The topological polar surface area (TPSA) is 50.3 Å². The minimum atomic E-state index is 0.738. The molecule has 2 aliphatic heterocycles. The third-order valence-electron chi connectivity index (χ3n) is 4.54. The molecule has 2 aromatic rings. The second kappa shape index (κ2) is 7.91. The van der Waals surface area contributed by atoms with Crippen LogP contribution in [0.25, 0.3) is 11.3 Å². The van der Waals surface area contributed by atoms with Gasteiger partial charge in [0.15, 0.2) is 0 Å². The molecular weight excluding hydrogens is 356 g/mol. The number of rotatable bonds is 4. The number of aromatic nitrogens is 2. The molecule has 1 N–H and O–H groups in total. The lowest BCUT2D eigenvalue weighted by Gasteiger charge is -2.26. The summed E-state index contributed by atoms with van der Waals surface area (Å²) in [6.07, 6.45) is 0.986. The van der Waals surface area contributed by atoms with E-state index >= 15 is 0 Å². The molecule has 4 rings (SSSR count). The Morgan fingerprint density at radius 1 is 1.20 bits per heavy atom. The number of nitrogens with zero attached hydrogens (tertiary/aromatic N) is 3. The smallest absolute Gasteiger partial charge is 0.149 e. The minimum Gasteiger partial charge on any atom is -0.379 e. The average Bonchev–Trinajstić information content (AvgIpc) is 2.81. The highest BCUT2D eigenvalue weighted by atomic mass is 35.5. The van der Waals surface area contributed by atoms with Crippen molar-refractivity contribution in [1.29, 1.82) is 0 Å². The zero-order valence-corrected chi connectivity index (χ0v) is 15.6. The van der Waals surface area contributed by atoms with Crippen molar-refractivity contribution in [3.05, 3.63) is 34.9 Å². The molecule has 25 heavy (non-hydrogen) atoms. The van der Waals surface area contributed by atoms with Gasteiger partial charge in [0.1, 0.15) is 5.82 Å². The van der Waals surface area contributed by atoms with Crippen molar-refractivity contribution in [2.24, 2.45) is 0 Å². The van der Waals surface area contributed by atoms with E-state index in [1.54, 1.807) is 0 Å². The summed E-state index contributed by atoms with van der Waals surface area (Å²) in [6, 6.07) is 8.15. The fourth-order valence-electron chi connectivity index (χ4n) is 3.19. The van der Waals surface area contributed by atoms with E-state index in [1.807, 2.05) is 23.9 Å². The summed E-state index contributed by atoms with van der Waals surface area (Å²) < 4.78 is 5.38. The highest BCUT2D eigenvalue weighted by Gasteiger charge is 2.18. The van der Waals surface area contributed by atoms with Gasteiger partial charge in [-0.05, 0) is 36.2 Å². The molecule has 1 aromatic carbocycles. The van der Waals surface area contributed by atoms with Gasteiger partial charge in [0.05, 0.1) is 18.9 Å². The van der Waals surface area contributed by atoms with Gasteiger partial charge in [-0.2, -0.15) is 0 Å². The molecule has 1 fully saturated rings. The van der Waals surface area contributed by atoms with E-state index in [1.165, 1.54) is 10.5 Å². The molecule has 132 valence electrons. The first-order valence-electron chi connectivity index (χ1n) is 8.63. The van der Waals surface area contributed by atoms with Gasteiger partial charge < -0.3 is 10.1 Å². The Morgan fingerprint density at radius 3 is 2.96 bits per heavy atom. The highest BCUT2D eigenvalue weighted by Crippen LogP contribution is 2.38. The van der Waals surface area contributed by atoms with Gasteiger partial charge in [0, 0.05) is 47.4 Å². The van der Waals surface area contributed by atoms with Crippen molar-refractivity contribution in [1.82, 2.24) is 15.1 Å². The van der Waals surface area contributed by atoms with Crippen molar-refractivity contribution in [3.8, 4) is 11.3 Å². The molecule has 1 aromatic heterocycles. The lowest BCUT2D eigenvalue weighted by Crippen LogP contribution is -2.39. The number of halogens is 1. The fourth-order valence-corrected chi connectivity index (χ4v) is 4.37. The van der Waals surface area contributed by atoms with Crippen LogP contribution in [0.15, 0.2) is 29.2 Å². The number of aryl methyl sites for hydroxylation is 1. The van der Waals surface area contributed by atoms with Crippen LogP contribution in [0.5, 0.6) is 0 Å². The van der Waals surface area contributed by atoms with E-state index in [4.69, 9.17) is 16.3 Å². The first kappa shape index (κ1) is 17.1. The average molecular weight is 377 g/mol. The lowest BCUT2D eigenvalue weighted by molar-refractivity contribution is 0.0398. The van der Waals surface area contributed by atoms with Crippen LogP contribution < -0.4 is 5.32 Å². The Labute approximate surface area is 157 Å². The first-order chi connectivity index (χ1) is 12.3. The molecule has 0 unspecified atom stereocenters. The maximum absolute atomic E-state index is 6.19. The molecule has 7 heteroatoms. The zero-order chi connectivity index (χ0) is 17.1. The maximum atomic E-state index is 6.19. The van der Waals surface area contributed by atoms with Crippen molar-refractivity contribution >= 4 is 29.2 Å². The normalized spacial score (nSPS) is 17.5. The second-order valence-electron chi connectivity index (χ2n) is 6.22. The van der Waals surface area contributed by atoms with Crippen molar-refractivity contribution in [2.45, 2.75) is 11.3 Å². The molecule has 1 saturated heterocycles. The predicted octanol–water partition coefficient (Wildman–Crippen LogP) is 3.19. The number of thioether (sulfide) groups is 1. The van der Waals surface area contributed by atoms with E-state index in [0.29, 0.717) is 0 Å². The maximum Gasteiger partial charge on any atom is 0.149 e. The van der Waals surface area contributed by atoms with Crippen molar-refractivity contribution in [3.63, 3.8) is 0 Å². The molecule has 0 saturated carbocycles. The van der Waals surface area contributed by atoms with Crippen LogP contribution in [0.1, 0.15) is 5.56 Å². The molecule has 0 atom stereocenters. The lowest BCUT2D eigenvalue weighted by atomic mass is 10.0. The molecular formula is C18H21ClN4OS. The quantitative estimate of drug-likeness (QED) is 0.884. The van der Waals surface area contributed by atoms with Gasteiger partial charge in [-0.25, -0.2) is 0 Å². The molecule has 0 spiro atoms. The third-order valence-corrected chi connectivity index (χ3v) is 5.85. The van der Waals surface area contributed by atoms with Crippen LogP contribution in [0, 0.1) is 0 Å². The Bertz CT molecular complexity index is 752. The summed E-state index contributed by atoms with van der Waals surface area (Å²) in [4.78, 5) is 3.63. The van der Waals surface area contributed by atoms with Gasteiger partial charge in [-0.3, -0.25) is 4.90 Å². The number of nitrogens with one attached hydrogen (secondary N) is 1. The van der Waals surface area contributed by atoms with Crippen LogP contribution in [-0.2, 0) is 11.2 Å². The number of fused-ring (bicyclic) bond motifs is 3. The molecule has 0 radical (unpaired) electrons. The van der Waals surface area contributed by atoms with E-state index in [0.717, 1.165) is 73.7 Å². The van der Waals surface area contributed by atoms with Gasteiger partial charge in [-0.1, -0.05) is 11.6 Å². The van der Waals surface area contributed by atoms with Gasteiger partial charge >= 0.3 is 0 Å². The fraction of sp³-hybridized carbons (Fsp3) is 0.444. The number of morpholine rings is 1. The number of ether oxygens (including phenoxy) is 1. The van der Waals surface area contributed by atoms with Crippen molar-refractivity contribution in [2.75, 3.05) is 50.5 Å². The van der Waals surface area contributed by atoms with Gasteiger partial charge in [0.25, 0.3) is 0 Å². The molecule has 3 heterocycles. The largest absolute Gasteiger partial charge is 0.379 e. The molecule has 0 aliphatic carbocycles. The van der Waals surface area contributed by atoms with Gasteiger partial charge in [0.2, 0.25) is 0 Å². The summed E-state index contributed by atoms with van der Waals surface area (Å²) in [5.74, 6) is 1.89. The Kier molecular flexibility index (Phi) is 5.41. The van der Waals surface area contributed by atoms with Crippen LogP contribution in [-0.4, -0.2) is 60.2 Å². The summed E-state index contributed by atoms with van der Waals surface area (Å²) in [7, 11) is 0. The van der Waals surface area contributed by atoms with Crippen LogP contribution in [0.3, 0.4) is 0 Å². The minimum absolute atomic E-state index is 0.738. The summed E-state index contributed by atoms with van der Waals surface area (Å²) in [5, 5.41) is 13.0. The molecule has 2 aliphatic rings. The summed E-state index contributed by atoms with van der Waals surface area (Å²) in [5.41, 5.74) is 3.29. The Balaban J connectivity index is 1.47. The van der Waals surface area contributed by atoms with E-state index in [-0.39, 0.29) is 0 Å². The highest BCUT2D eigenvalue weighted by molar-refractivity contribution is 7.99. The first-order valence-corrected chi connectivity index (χ1v) is 9.99. The summed E-state index contributed by atoms with van der Waals surface area (Å²) in [6.45, 7) is 5.54. The van der Waals surface area contributed by atoms with Gasteiger partial charge in [-0.15, -0.1) is 22.0 Å². The predicted molar refractivity (Wildman–Crippen MR) is 103 cm³/mol. The van der Waals surface area contributed by atoms with Crippen LogP contribution in [0.2, 0.25) is 5.02 Å². The zero-order valence-electron chi connectivity index (χ0n) is 14.0. The van der Waals surface area contributed by atoms with E-state index in [2.05, 4.69) is 32.5 Å². The third kappa shape index (κ3) is 4.08.